The number of anilines is 2. The van der Waals surface area contributed by atoms with Crippen molar-refractivity contribution in [3.8, 4) is 0 Å². The Morgan fingerprint density at radius 3 is 2.83 bits per heavy atom. The number of benzene rings is 1. The lowest BCUT2D eigenvalue weighted by atomic mass is 10.3. The van der Waals surface area contributed by atoms with Crippen LogP contribution in [0.2, 0.25) is 5.02 Å². The van der Waals surface area contributed by atoms with Gasteiger partial charge in [-0.15, -0.1) is 0 Å². The molecule has 0 fully saturated rings. The highest BCUT2D eigenvalue weighted by Gasteiger charge is 2.12. The standard InChI is InChI=1S/C14H14ClFN4O3/c1-23-7-9-5-13(22)20(14(17)18-9)6-12(21)19-11-3-2-8(16)4-10(11)15/h2-5H,6-7H2,1H3,(H2,17,18)(H,19,21). The van der Waals surface area contributed by atoms with E-state index in [1.165, 1.54) is 19.2 Å². The number of carbonyl (C=O) groups excluding carboxylic acids is 1. The Kier molecular flexibility index (Phi) is 5.30. The zero-order valence-corrected chi connectivity index (χ0v) is 12.9. The highest BCUT2D eigenvalue weighted by atomic mass is 35.5. The number of halogens is 2. The Balaban J connectivity index is 2.15. The molecule has 0 aliphatic rings. The van der Waals surface area contributed by atoms with E-state index >= 15 is 0 Å². The van der Waals surface area contributed by atoms with Gasteiger partial charge in [0.1, 0.15) is 12.4 Å². The monoisotopic (exact) mass is 340 g/mol. The van der Waals surface area contributed by atoms with Gasteiger partial charge in [-0.1, -0.05) is 11.6 Å². The largest absolute Gasteiger partial charge is 0.378 e. The predicted octanol–water partition coefficient (Wildman–Crippen LogP) is 1.40. The van der Waals surface area contributed by atoms with Crippen molar-refractivity contribution in [2.75, 3.05) is 18.2 Å². The van der Waals surface area contributed by atoms with Gasteiger partial charge in [-0.3, -0.25) is 14.2 Å². The second-order valence-corrected chi connectivity index (χ2v) is 5.04. The molecular weight excluding hydrogens is 327 g/mol. The van der Waals surface area contributed by atoms with E-state index in [0.29, 0.717) is 5.69 Å². The maximum absolute atomic E-state index is 13.0. The van der Waals surface area contributed by atoms with Crippen LogP contribution in [0.5, 0.6) is 0 Å². The van der Waals surface area contributed by atoms with E-state index < -0.39 is 17.3 Å². The molecule has 0 radical (unpaired) electrons. The molecule has 23 heavy (non-hydrogen) atoms. The molecule has 2 rings (SSSR count). The van der Waals surface area contributed by atoms with Gasteiger partial charge in [0.2, 0.25) is 11.9 Å². The van der Waals surface area contributed by atoms with Gasteiger partial charge < -0.3 is 15.8 Å². The fourth-order valence-electron chi connectivity index (χ4n) is 1.88. The van der Waals surface area contributed by atoms with Gasteiger partial charge in [0.25, 0.3) is 5.56 Å². The summed E-state index contributed by atoms with van der Waals surface area (Å²) in [5.41, 5.74) is 5.80. The molecule has 7 nitrogen and oxygen atoms in total. The fourth-order valence-corrected chi connectivity index (χ4v) is 2.09. The van der Waals surface area contributed by atoms with Gasteiger partial charge in [0.15, 0.2) is 0 Å². The number of rotatable bonds is 5. The molecule has 122 valence electrons. The van der Waals surface area contributed by atoms with Gasteiger partial charge in [-0.05, 0) is 18.2 Å². The Morgan fingerprint density at radius 1 is 1.48 bits per heavy atom. The minimum Gasteiger partial charge on any atom is -0.378 e. The van der Waals surface area contributed by atoms with Crippen LogP contribution in [-0.4, -0.2) is 22.6 Å². The average Bonchev–Trinajstić information content (AvgIpc) is 2.46. The van der Waals surface area contributed by atoms with Crippen LogP contribution in [0.15, 0.2) is 29.1 Å². The number of nitrogen functional groups attached to an aromatic ring is 1. The predicted molar refractivity (Wildman–Crippen MR) is 83.7 cm³/mol. The SMILES string of the molecule is COCc1cc(=O)n(CC(=O)Nc2ccc(F)cc2Cl)c(N)n1. The van der Waals surface area contributed by atoms with Crippen LogP contribution in [0, 0.1) is 5.82 Å². The smallest absolute Gasteiger partial charge is 0.255 e. The molecule has 0 unspecified atom stereocenters. The molecule has 0 aliphatic carbocycles. The Labute approximate surface area is 135 Å². The molecule has 0 aliphatic heterocycles. The number of methoxy groups -OCH3 is 1. The summed E-state index contributed by atoms with van der Waals surface area (Å²) in [6.45, 7) is -0.212. The molecule has 2 aromatic rings. The lowest BCUT2D eigenvalue weighted by Gasteiger charge is -2.11. The summed E-state index contributed by atoms with van der Waals surface area (Å²) in [6.07, 6.45) is 0. The number of nitrogens with zero attached hydrogens (tertiary/aromatic N) is 2. The summed E-state index contributed by atoms with van der Waals surface area (Å²) in [6, 6.07) is 4.78. The molecule has 3 N–H and O–H groups in total. The molecule has 9 heteroatoms. The van der Waals surface area contributed by atoms with Crippen molar-refractivity contribution >= 4 is 29.1 Å². The van der Waals surface area contributed by atoms with E-state index in [0.717, 1.165) is 16.7 Å². The first-order chi connectivity index (χ1) is 10.9. The number of amides is 1. The highest BCUT2D eigenvalue weighted by molar-refractivity contribution is 6.33. The van der Waals surface area contributed by atoms with E-state index in [1.807, 2.05) is 0 Å². The highest BCUT2D eigenvalue weighted by Crippen LogP contribution is 2.22. The quantitative estimate of drug-likeness (QED) is 0.857. The molecular formula is C14H14ClFN4O3. The van der Waals surface area contributed by atoms with Gasteiger partial charge in [-0.2, -0.15) is 0 Å². The van der Waals surface area contributed by atoms with Crippen molar-refractivity contribution in [3.63, 3.8) is 0 Å². The van der Waals surface area contributed by atoms with Crippen LogP contribution in [0.25, 0.3) is 0 Å². The fraction of sp³-hybridized carbons (Fsp3) is 0.214. The molecule has 0 spiro atoms. The zero-order chi connectivity index (χ0) is 17.0. The molecule has 1 heterocycles. The summed E-state index contributed by atoms with van der Waals surface area (Å²) in [7, 11) is 1.46. The number of nitrogens with one attached hydrogen (secondary N) is 1. The number of nitrogens with two attached hydrogens (primary N) is 1. The number of hydrogen-bond acceptors (Lipinski definition) is 5. The minimum absolute atomic E-state index is 0.0484. The Morgan fingerprint density at radius 2 is 2.22 bits per heavy atom. The summed E-state index contributed by atoms with van der Waals surface area (Å²) >= 11 is 5.82. The number of ether oxygens (including phenoxy) is 1. The topological polar surface area (TPSA) is 99.2 Å². The van der Waals surface area contributed by atoms with Crippen LogP contribution < -0.4 is 16.6 Å². The normalized spacial score (nSPS) is 10.6. The Hall–Kier alpha value is -2.45. The molecule has 0 saturated heterocycles. The van der Waals surface area contributed by atoms with Crippen LogP contribution >= 0.6 is 11.6 Å². The molecule has 1 amide bonds. The minimum atomic E-state index is -0.548. The van der Waals surface area contributed by atoms with Gasteiger partial charge in [-0.25, -0.2) is 9.37 Å². The molecule has 0 bridgehead atoms. The first-order valence-electron chi connectivity index (χ1n) is 6.50. The molecule has 0 saturated carbocycles. The third kappa shape index (κ3) is 4.27. The lowest BCUT2D eigenvalue weighted by molar-refractivity contribution is -0.116. The van der Waals surface area contributed by atoms with Crippen molar-refractivity contribution in [2.45, 2.75) is 13.2 Å². The second-order valence-electron chi connectivity index (χ2n) is 4.64. The zero-order valence-electron chi connectivity index (χ0n) is 12.2. The van der Waals surface area contributed by atoms with Crippen molar-refractivity contribution in [1.29, 1.82) is 0 Å². The number of hydrogen-bond donors (Lipinski definition) is 2. The molecule has 1 aromatic heterocycles. The first kappa shape index (κ1) is 16.9. The number of carbonyl (C=O) groups is 1. The summed E-state index contributed by atoms with van der Waals surface area (Å²) < 4.78 is 18.8. The average molecular weight is 341 g/mol. The van der Waals surface area contributed by atoms with Crippen molar-refractivity contribution in [3.05, 3.63) is 51.2 Å². The summed E-state index contributed by atoms with van der Waals surface area (Å²) in [5.74, 6) is -1.18. The van der Waals surface area contributed by atoms with Gasteiger partial charge in [0, 0.05) is 13.2 Å². The second kappa shape index (κ2) is 7.21. The molecule has 0 atom stereocenters. The third-order valence-corrected chi connectivity index (χ3v) is 3.20. The van der Waals surface area contributed by atoms with E-state index in [9.17, 15) is 14.0 Å². The first-order valence-corrected chi connectivity index (χ1v) is 6.88. The van der Waals surface area contributed by atoms with Crippen molar-refractivity contribution in [1.82, 2.24) is 9.55 Å². The van der Waals surface area contributed by atoms with E-state index in [-0.39, 0.29) is 29.8 Å². The summed E-state index contributed by atoms with van der Waals surface area (Å²) in [5, 5.41) is 2.52. The van der Waals surface area contributed by atoms with Crippen LogP contribution in [0.3, 0.4) is 0 Å². The maximum atomic E-state index is 13.0. The number of aromatic nitrogens is 2. The van der Waals surface area contributed by atoms with Crippen molar-refractivity contribution in [2.24, 2.45) is 0 Å². The van der Waals surface area contributed by atoms with Crippen molar-refractivity contribution < 1.29 is 13.9 Å². The van der Waals surface area contributed by atoms with Crippen LogP contribution in [0.4, 0.5) is 16.0 Å². The Bertz CT molecular complexity index is 794. The van der Waals surface area contributed by atoms with Gasteiger partial charge in [0.05, 0.1) is 23.0 Å². The molecule has 1 aromatic carbocycles. The van der Waals surface area contributed by atoms with Crippen LogP contribution in [-0.2, 0) is 22.7 Å². The lowest BCUT2D eigenvalue weighted by Crippen LogP contribution is -2.30. The summed E-state index contributed by atoms with van der Waals surface area (Å²) in [4.78, 5) is 27.9. The van der Waals surface area contributed by atoms with E-state index in [1.54, 1.807) is 0 Å². The van der Waals surface area contributed by atoms with E-state index in [4.69, 9.17) is 22.1 Å². The van der Waals surface area contributed by atoms with Gasteiger partial charge >= 0.3 is 0 Å². The third-order valence-electron chi connectivity index (χ3n) is 2.89. The van der Waals surface area contributed by atoms with E-state index in [2.05, 4.69) is 10.3 Å². The van der Waals surface area contributed by atoms with Crippen LogP contribution in [0.1, 0.15) is 5.69 Å². The maximum Gasteiger partial charge on any atom is 0.255 e.